The zero-order valence-corrected chi connectivity index (χ0v) is 11.6. The minimum atomic E-state index is -0.276. The van der Waals surface area contributed by atoms with E-state index in [1.54, 1.807) is 6.07 Å². The lowest BCUT2D eigenvalue weighted by molar-refractivity contribution is 0.455. The molecule has 18 heavy (non-hydrogen) atoms. The predicted molar refractivity (Wildman–Crippen MR) is 74.4 cm³/mol. The Balaban J connectivity index is 1.81. The fourth-order valence-corrected chi connectivity index (χ4v) is 3.10. The summed E-state index contributed by atoms with van der Waals surface area (Å²) >= 11 is 6.05. The van der Waals surface area contributed by atoms with E-state index in [1.165, 1.54) is 44.2 Å². The van der Waals surface area contributed by atoms with Crippen molar-refractivity contribution in [3.8, 4) is 0 Å². The van der Waals surface area contributed by atoms with Crippen molar-refractivity contribution in [1.82, 2.24) is 5.32 Å². The van der Waals surface area contributed by atoms with Crippen LogP contribution in [0.15, 0.2) is 18.2 Å². The van der Waals surface area contributed by atoms with E-state index in [4.69, 9.17) is 11.6 Å². The monoisotopic (exact) mass is 269 g/mol. The Morgan fingerprint density at radius 2 is 2.11 bits per heavy atom. The average Bonchev–Trinajstić information content (AvgIpc) is 2.81. The highest BCUT2D eigenvalue weighted by molar-refractivity contribution is 6.31. The standard InChI is InChI=1S/C15H21ClFN/c1-11(14-7-6-13(17)10-15(14)16)18-9-8-12-4-2-3-5-12/h6-7,10-12,18H,2-5,8-9H2,1H3. The first kappa shape index (κ1) is 13.8. The zero-order valence-electron chi connectivity index (χ0n) is 10.9. The highest BCUT2D eigenvalue weighted by atomic mass is 35.5. The van der Waals surface area contributed by atoms with Crippen LogP contribution in [0.2, 0.25) is 5.02 Å². The van der Waals surface area contributed by atoms with Crippen LogP contribution in [0.5, 0.6) is 0 Å². The fourth-order valence-electron chi connectivity index (χ4n) is 2.77. The smallest absolute Gasteiger partial charge is 0.124 e. The molecule has 1 saturated carbocycles. The predicted octanol–water partition coefficient (Wildman–Crippen LogP) is 4.71. The third-order valence-corrected chi connectivity index (χ3v) is 4.23. The molecule has 0 saturated heterocycles. The molecule has 3 heteroatoms. The lowest BCUT2D eigenvalue weighted by Crippen LogP contribution is -2.21. The molecule has 1 N–H and O–H groups in total. The molecule has 0 amide bonds. The van der Waals surface area contributed by atoms with Crippen LogP contribution in [0.4, 0.5) is 4.39 Å². The molecule has 0 bridgehead atoms. The molecule has 1 fully saturated rings. The van der Waals surface area contributed by atoms with Gasteiger partial charge in [0.25, 0.3) is 0 Å². The van der Waals surface area contributed by atoms with Crippen molar-refractivity contribution in [3.05, 3.63) is 34.6 Å². The van der Waals surface area contributed by atoms with Gasteiger partial charge in [-0.2, -0.15) is 0 Å². The van der Waals surface area contributed by atoms with Gasteiger partial charge in [0, 0.05) is 11.1 Å². The largest absolute Gasteiger partial charge is 0.310 e. The summed E-state index contributed by atoms with van der Waals surface area (Å²) in [5, 5.41) is 3.99. The highest BCUT2D eigenvalue weighted by Gasteiger charge is 2.15. The first-order valence-corrected chi connectivity index (χ1v) is 7.23. The molecule has 1 aliphatic rings. The number of rotatable bonds is 5. The summed E-state index contributed by atoms with van der Waals surface area (Å²) in [6, 6.07) is 4.80. The summed E-state index contributed by atoms with van der Waals surface area (Å²) in [5.41, 5.74) is 0.976. The van der Waals surface area contributed by atoms with Crippen LogP contribution in [0.3, 0.4) is 0 Å². The van der Waals surface area contributed by atoms with Gasteiger partial charge in [0.15, 0.2) is 0 Å². The third kappa shape index (κ3) is 3.69. The van der Waals surface area contributed by atoms with Crippen molar-refractivity contribution in [2.45, 2.75) is 45.1 Å². The van der Waals surface area contributed by atoms with E-state index in [9.17, 15) is 4.39 Å². The Morgan fingerprint density at radius 3 is 2.78 bits per heavy atom. The van der Waals surface area contributed by atoms with E-state index in [1.807, 2.05) is 0 Å². The van der Waals surface area contributed by atoms with Crippen molar-refractivity contribution < 1.29 is 4.39 Å². The maximum atomic E-state index is 13.0. The number of benzene rings is 1. The van der Waals surface area contributed by atoms with E-state index in [0.29, 0.717) is 5.02 Å². The Morgan fingerprint density at radius 1 is 1.39 bits per heavy atom. The molecule has 1 unspecified atom stereocenters. The molecule has 0 aliphatic heterocycles. The Bertz CT molecular complexity index is 388. The molecule has 0 aromatic heterocycles. The maximum absolute atomic E-state index is 13.0. The topological polar surface area (TPSA) is 12.0 Å². The van der Waals surface area contributed by atoms with Crippen LogP contribution in [0.1, 0.15) is 50.6 Å². The van der Waals surface area contributed by atoms with Gasteiger partial charge in [-0.25, -0.2) is 4.39 Å². The van der Waals surface area contributed by atoms with Crippen LogP contribution in [-0.4, -0.2) is 6.54 Å². The minimum absolute atomic E-state index is 0.180. The van der Waals surface area contributed by atoms with Crippen LogP contribution < -0.4 is 5.32 Å². The van der Waals surface area contributed by atoms with Crippen molar-refractivity contribution in [3.63, 3.8) is 0 Å². The van der Waals surface area contributed by atoms with Crippen LogP contribution in [0, 0.1) is 11.7 Å². The molecule has 0 spiro atoms. The average molecular weight is 270 g/mol. The second kappa shape index (κ2) is 6.53. The van der Waals surface area contributed by atoms with Gasteiger partial charge in [0.05, 0.1) is 0 Å². The van der Waals surface area contributed by atoms with Crippen LogP contribution in [-0.2, 0) is 0 Å². The molecule has 1 atom stereocenters. The summed E-state index contributed by atoms with van der Waals surface area (Å²) in [5.74, 6) is 0.621. The SMILES string of the molecule is CC(NCCC1CCCC1)c1ccc(F)cc1Cl. The fraction of sp³-hybridized carbons (Fsp3) is 0.600. The van der Waals surface area contributed by atoms with E-state index in [-0.39, 0.29) is 11.9 Å². The molecule has 100 valence electrons. The quantitative estimate of drug-likeness (QED) is 0.816. The molecule has 1 nitrogen and oxygen atoms in total. The van der Waals surface area contributed by atoms with E-state index in [0.717, 1.165) is 18.0 Å². The van der Waals surface area contributed by atoms with Gasteiger partial charge in [-0.05, 0) is 43.5 Å². The van der Waals surface area contributed by atoms with Gasteiger partial charge in [0.1, 0.15) is 5.82 Å². The van der Waals surface area contributed by atoms with Gasteiger partial charge in [-0.1, -0.05) is 43.4 Å². The van der Waals surface area contributed by atoms with Gasteiger partial charge in [-0.15, -0.1) is 0 Å². The lowest BCUT2D eigenvalue weighted by atomic mass is 10.0. The summed E-state index contributed by atoms with van der Waals surface area (Å²) < 4.78 is 13.0. The molecule has 1 aliphatic carbocycles. The molecule has 0 radical (unpaired) electrons. The number of halogens is 2. The number of hydrogen-bond acceptors (Lipinski definition) is 1. The maximum Gasteiger partial charge on any atom is 0.124 e. The second-order valence-electron chi connectivity index (χ2n) is 5.28. The van der Waals surface area contributed by atoms with Gasteiger partial charge in [0.2, 0.25) is 0 Å². The normalized spacial score (nSPS) is 18.2. The van der Waals surface area contributed by atoms with Crippen molar-refractivity contribution in [2.75, 3.05) is 6.54 Å². The Labute approximate surface area is 114 Å². The first-order chi connectivity index (χ1) is 8.66. The molecule has 1 aromatic rings. The third-order valence-electron chi connectivity index (χ3n) is 3.91. The Hall–Kier alpha value is -0.600. The van der Waals surface area contributed by atoms with Crippen molar-refractivity contribution in [1.29, 1.82) is 0 Å². The summed E-state index contributed by atoms with van der Waals surface area (Å²) in [4.78, 5) is 0. The molecular formula is C15H21ClFN. The first-order valence-electron chi connectivity index (χ1n) is 6.85. The Kier molecular flexibility index (Phi) is 5.02. The van der Waals surface area contributed by atoms with Gasteiger partial charge in [-0.3, -0.25) is 0 Å². The number of nitrogens with one attached hydrogen (secondary N) is 1. The van der Waals surface area contributed by atoms with Gasteiger partial charge >= 0.3 is 0 Å². The molecular weight excluding hydrogens is 249 g/mol. The van der Waals surface area contributed by atoms with E-state index >= 15 is 0 Å². The summed E-state index contributed by atoms with van der Waals surface area (Å²) in [6.45, 7) is 3.09. The van der Waals surface area contributed by atoms with E-state index < -0.39 is 0 Å². The van der Waals surface area contributed by atoms with Crippen molar-refractivity contribution in [2.24, 2.45) is 5.92 Å². The van der Waals surface area contributed by atoms with Crippen LogP contribution >= 0.6 is 11.6 Å². The molecule has 1 aromatic carbocycles. The zero-order chi connectivity index (χ0) is 13.0. The lowest BCUT2D eigenvalue weighted by Gasteiger charge is -2.17. The highest BCUT2D eigenvalue weighted by Crippen LogP contribution is 2.28. The van der Waals surface area contributed by atoms with E-state index in [2.05, 4.69) is 12.2 Å². The second-order valence-corrected chi connectivity index (χ2v) is 5.69. The molecule has 2 rings (SSSR count). The summed E-state index contributed by atoms with van der Waals surface area (Å²) in [6.07, 6.45) is 6.79. The molecule has 0 heterocycles. The van der Waals surface area contributed by atoms with Crippen molar-refractivity contribution >= 4 is 11.6 Å². The minimum Gasteiger partial charge on any atom is -0.310 e. The van der Waals surface area contributed by atoms with Gasteiger partial charge < -0.3 is 5.32 Å². The van der Waals surface area contributed by atoms with Crippen LogP contribution in [0.25, 0.3) is 0 Å². The summed E-state index contributed by atoms with van der Waals surface area (Å²) in [7, 11) is 0. The number of hydrogen-bond donors (Lipinski definition) is 1.